The number of hydrogen-bond acceptors (Lipinski definition) is 3. The van der Waals surface area contributed by atoms with E-state index in [1.165, 1.54) is 7.05 Å². The predicted octanol–water partition coefficient (Wildman–Crippen LogP) is 1.89. The van der Waals surface area contributed by atoms with Gasteiger partial charge in [0.2, 0.25) is 0 Å². The summed E-state index contributed by atoms with van der Waals surface area (Å²) < 4.78 is 26.5. The van der Waals surface area contributed by atoms with E-state index in [-0.39, 0.29) is 17.4 Å². The maximum atomic E-state index is 12.7. The summed E-state index contributed by atoms with van der Waals surface area (Å²) in [5.41, 5.74) is 1.56. The van der Waals surface area contributed by atoms with Crippen LogP contribution in [0.4, 0.5) is 8.78 Å². The van der Waals surface area contributed by atoms with Crippen LogP contribution in [0.5, 0.6) is 0 Å². The molecule has 0 bridgehead atoms. The number of H-pyrrole nitrogens is 1. The molecule has 8 heteroatoms. The van der Waals surface area contributed by atoms with Gasteiger partial charge in [-0.25, -0.2) is 13.8 Å². The molecule has 2 N–H and O–H groups in total. The molecule has 0 aliphatic heterocycles. The normalized spacial score (nSPS) is 17.8. The van der Waals surface area contributed by atoms with Gasteiger partial charge in [0.25, 0.3) is 12.3 Å². The van der Waals surface area contributed by atoms with Gasteiger partial charge in [0.05, 0.1) is 18.1 Å². The van der Waals surface area contributed by atoms with Crippen LogP contribution in [0, 0.1) is 0 Å². The van der Waals surface area contributed by atoms with Gasteiger partial charge in [0, 0.05) is 12.7 Å². The average Bonchev–Trinajstić information content (AvgIpc) is 3.05. The highest BCUT2D eigenvalue weighted by molar-refractivity contribution is 5.92. The molecular formula is C13H15F2N5O. The van der Waals surface area contributed by atoms with E-state index in [9.17, 15) is 13.6 Å². The first-order valence-corrected chi connectivity index (χ1v) is 6.71. The van der Waals surface area contributed by atoms with Crippen molar-refractivity contribution in [1.29, 1.82) is 0 Å². The molecule has 112 valence electrons. The van der Waals surface area contributed by atoms with Gasteiger partial charge in [-0.15, -0.1) is 0 Å². The highest BCUT2D eigenvalue weighted by Gasteiger charge is 2.26. The van der Waals surface area contributed by atoms with Gasteiger partial charge in [-0.2, -0.15) is 5.10 Å². The molecule has 21 heavy (non-hydrogen) atoms. The zero-order valence-electron chi connectivity index (χ0n) is 11.4. The molecule has 1 atom stereocenters. The number of nitrogens with one attached hydrogen (secondary N) is 2. The van der Waals surface area contributed by atoms with Gasteiger partial charge < -0.3 is 10.3 Å². The molecule has 0 saturated carbocycles. The lowest BCUT2D eigenvalue weighted by molar-refractivity contribution is 0.0926. The van der Waals surface area contributed by atoms with E-state index in [4.69, 9.17) is 0 Å². The van der Waals surface area contributed by atoms with Crippen LogP contribution < -0.4 is 5.32 Å². The second kappa shape index (κ2) is 5.27. The van der Waals surface area contributed by atoms with Gasteiger partial charge >= 0.3 is 0 Å². The molecule has 0 spiro atoms. The number of imidazole rings is 1. The molecule has 1 aliphatic carbocycles. The minimum Gasteiger partial charge on any atom is -0.348 e. The van der Waals surface area contributed by atoms with E-state index in [2.05, 4.69) is 20.4 Å². The molecule has 1 amide bonds. The Morgan fingerprint density at radius 3 is 3.10 bits per heavy atom. The van der Waals surface area contributed by atoms with Crippen LogP contribution in [0.25, 0.3) is 0 Å². The van der Waals surface area contributed by atoms with Crippen molar-refractivity contribution in [2.45, 2.75) is 31.7 Å². The van der Waals surface area contributed by atoms with Crippen LogP contribution in [-0.2, 0) is 13.5 Å². The third kappa shape index (κ3) is 2.53. The molecule has 0 saturated heterocycles. The van der Waals surface area contributed by atoms with Crippen LogP contribution in [0.1, 0.15) is 52.9 Å². The number of alkyl halides is 2. The fourth-order valence-corrected chi connectivity index (χ4v) is 2.62. The Bertz CT molecular complexity index is 663. The zero-order valence-corrected chi connectivity index (χ0v) is 11.4. The van der Waals surface area contributed by atoms with Crippen molar-refractivity contribution < 1.29 is 13.6 Å². The van der Waals surface area contributed by atoms with Crippen molar-refractivity contribution in [3.05, 3.63) is 35.2 Å². The third-order valence-electron chi connectivity index (χ3n) is 3.68. The summed E-state index contributed by atoms with van der Waals surface area (Å²) in [7, 11) is 1.39. The van der Waals surface area contributed by atoms with Crippen molar-refractivity contribution in [2.24, 2.45) is 7.05 Å². The lowest BCUT2D eigenvalue weighted by Gasteiger charge is -2.21. The van der Waals surface area contributed by atoms with Crippen molar-refractivity contribution in [3.63, 3.8) is 0 Å². The molecule has 1 aliphatic rings. The second-order valence-corrected chi connectivity index (χ2v) is 5.06. The maximum Gasteiger partial charge on any atom is 0.280 e. The number of fused-ring (bicyclic) bond motifs is 1. The van der Waals surface area contributed by atoms with Crippen molar-refractivity contribution >= 4 is 5.91 Å². The van der Waals surface area contributed by atoms with Crippen LogP contribution in [0.3, 0.4) is 0 Å². The average molecular weight is 295 g/mol. The number of amides is 1. The highest BCUT2D eigenvalue weighted by Crippen LogP contribution is 2.27. The van der Waals surface area contributed by atoms with Crippen LogP contribution >= 0.6 is 0 Å². The van der Waals surface area contributed by atoms with Gasteiger partial charge in [-0.1, -0.05) is 0 Å². The van der Waals surface area contributed by atoms with Gasteiger partial charge in [-0.3, -0.25) is 9.48 Å². The molecule has 0 aromatic carbocycles. The number of carbonyl (C=O) groups excluding carboxylic acids is 1. The van der Waals surface area contributed by atoms with Gasteiger partial charge in [0.15, 0.2) is 5.69 Å². The standard InChI is InChI=1S/C13H15F2N5O/c1-20-10(12(14)15)5-9(19-20)13(21)18-8-4-2-3-7-11(8)17-6-16-7/h5-6,8,12H,2-4H2,1H3,(H,16,17)(H,18,21). The summed E-state index contributed by atoms with van der Waals surface area (Å²) in [6, 6.07) is 0.915. The SMILES string of the molecule is Cn1nc(C(=O)NC2CCCc3[nH]cnc32)cc1C(F)F. The number of rotatable bonds is 3. The number of halogens is 2. The van der Waals surface area contributed by atoms with Crippen LogP contribution in [0.2, 0.25) is 0 Å². The quantitative estimate of drug-likeness (QED) is 0.908. The van der Waals surface area contributed by atoms with E-state index in [1.807, 2.05) is 0 Å². The van der Waals surface area contributed by atoms with Gasteiger partial charge in [0.1, 0.15) is 5.69 Å². The zero-order chi connectivity index (χ0) is 15.0. The molecule has 1 unspecified atom stereocenters. The number of hydrogen-bond donors (Lipinski definition) is 2. The maximum absolute atomic E-state index is 12.7. The van der Waals surface area contributed by atoms with E-state index in [0.717, 1.165) is 41.4 Å². The second-order valence-electron chi connectivity index (χ2n) is 5.06. The van der Waals surface area contributed by atoms with Crippen molar-refractivity contribution in [3.8, 4) is 0 Å². The summed E-state index contributed by atoms with van der Waals surface area (Å²) in [6.45, 7) is 0. The first-order valence-electron chi connectivity index (χ1n) is 6.71. The van der Waals surface area contributed by atoms with Crippen LogP contribution in [0.15, 0.2) is 12.4 Å². The minimum atomic E-state index is -2.66. The number of aromatic nitrogens is 4. The Labute approximate surface area is 119 Å². The smallest absolute Gasteiger partial charge is 0.280 e. The Morgan fingerprint density at radius 1 is 1.57 bits per heavy atom. The first-order chi connectivity index (χ1) is 10.1. The number of aromatic amines is 1. The molecule has 0 radical (unpaired) electrons. The lowest BCUT2D eigenvalue weighted by atomic mass is 9.96. The Morgan fingerprint density at radius 2 is 2.38 bits per heavy atom. The molecule has 2 aromatic heterocycles. The van der Waals surface area contributed by atoms with Gasteiger partial charge in [-0.05, 0) is 25.3 Å². The van der Waals surface area contributed by atoms with Crippen molar-refractivity contribution in [2.75, 3.05) is 0 Å². The Hall–Kier alpha value is -2.25. The first kappa shape index (κ1) is 13.7. The Balaban J connectivity index is 1.77. The van der Waals surface area contributed by atoms with Crippen LogP contribution in [-0.4, -0.2) is 25.7 Å². The fourth-order valence-electron chi connectivity index (χ4n) is 2.62. The molecular weight excluding hydrogens is 280 g/mol. The summed E-state index contributed by atoms with van der Waals surface area (Å²) in [5.74, 6) is -0.460. The number of nitrogens with zero attached hydrogens (tertiary/aromatic N) is 3. The predicted molar refractivity (Wildman–Crippen MR) is 69.9 cm³/mol. The summed E-state index contributed by atoms with van der Waals surface area (Å²) in [6.07, 6.45) is 1.56. The third-order valence-corrected chi connectivity index (χ3v) is 3.68. The van der Waals surface area contributed by atoms with E-state index < -0.39 is 12.3 Å². The fraction of sp³-hybridized carbons (Fsp3) is 0.462. The lowest BCUT2D eigenvalue weighted by Crippen LogP contribution is -2.31. The topological polar surface area (TPSA) is 75.6 Å². The largest absolute Gasteiger partial charge is 0.348 e. The molecule has 6 nitrogen and oxygen atoms in total. The summed E-state index contributed by atoms with van der Waals surface area (Å²) in [4.78, 5) is 19.4. The highest BCUT2D eigenvalue weighted by atomic mass is 19.3. The number of carbonyl (C=O) groups is 1. The van der Waals surface area contributed by atoms with E-state index in [1.54, 1.807) is 6.33 Å². The molecule has 2 heterocycles. The minimum absolute atomic E-state index is 0.00420. The molecule has 0 fully saturated rings. The Kier molecular flexibility index (Phi) is 3.44. The summed E-state index contributed by atoms with van der Waals surface area (Å²) >= 11 is 0. The van der Waals surface area contributed by atoms with E-state index >= 15 is 0 Å². The summed E-state index contributed by atoms with van der Waals surface area (Å²) in [5, 5.41) is 6.65. The monoisotopic (exact) mass is 295 g/mol. The molecule has 2 aromatic rings. The number of aryl methyl sites for hydroxylation is 2. The molecule has 3 rings (SSSR count). The van der Waals surface area contributed by atoms with E-state index in [0.29, 0.717) is 0 Å². The van der Waals surface area contributed by atoms with Crippen molar-refractivity contribution in [1.82, 2.24) is 25.1 Å².